The second kappa shape index (κ2) is 8.14. The first-order chi connectivity index (χ1) is 10.5. The van der Waals surface area contributed by atoms with Gasteiger partial charge in [0.1, 0.15) is 0 Å². The molecule has 22 heavy (non-hydrogen) atoms. The number of carbonyl (C=O) groups excluding carboxylic acids is 1. The van der Waals surface area contributed by atoms with E-state index in [4.69, 9.17) is 0 Å². The van der Waals surface area contributed by atoms with Gasteiger partial charge in [0, 0.05) is 17.8 Å². The Labute approximate surface area is 143 Å². The van der Waals surface area contributed by atoms with E-state index in [2.05, 4.69) is 66.3 Å². The number of amides is 1. The Balaban J connectivity index is 1.94. The summed E-state index contributed by atoms with van der Waals surface area (Å²) in [5.74, 6) is 2.22. The fourth-order valence-electron chi connectivity index (χ4n) is 3.57. The third-order valence-electron chi connectivity index (χ3n) is 5.00. The molecule has 0 radical (unpaired) electrons. The summed E-state index contributed by atoms with van der Waals surface area (Å²) in [6.07, 6.45) is 3.49. The van der Waals surface area contributed by atoms with Gasteiger partial charge in [0.2, 0.25) is 5.91 Å². The Hall–Kier alpha value is -0.830. The van der Waals surface area contributed by atoms with Crippen molar-refractivity contribution in [3.63, 3.8) is 0 Å². The monoisotopic (exact) mass is 365 g/mol. The van der Waals surface area contributed by atoms with Gasteiger partial charge in [0.25, 0.3) is 0 Å². The van der Waals surface area contributed by atoms with Crippen LogP contribution in [0.3, 0.4) is 0 Å². The molecular weight excluding hydrogens is 338 g/mol. The number of nitrogens with one attached hydrogen (secondary N) is 1. The number of alkyl halides is 1. The molecule has 122 valence electrons. The van der Waals surface area contributed by atoms with Gasteiger partial charge in [0.15, 0.2) is 0 Å². The molecule has 3 atom stereocenters. The maximum absolute atomic E-state index is 12.6. The lowest BCUT2D eigenvalue weighted by atomic mass is 9.70. The fourth-order valence-corrected chi connectivity index (χ4v) is 3.94. The third kappa shape index (κ3) is 4.58. The summed E-state index contributed by atoms with van der Waals surface area (Å²) in [7, 11) is 0. The van der Waals surface area contributed by atoms with Crippen molar-refractivity contribution in [3.8, 4) is 0 Å². The predicted molar refractivity (Wildman–Crippen MR) is 95.8 cm³/mol. The predicted octanol–water partition coefficient (Wildman–Crippen LogP) is 4.91. The standard InChI is InChI=1S/C19H28BrNO/c1-13(2)17-9-4-14(3)10-18(17)19(22)21-12-16-7-5-15(11-20)6-8-16/h5-8,13-14,17-18H,4,9-12H2,1-3H3,(H,21,22)/t14-,17+,18-/m1/s1. The zero-order chi connectivity index (χ0) is 16.1. The van der Waals surface area contributed by atoms with Gasteiger partial charge in [-0.1, -0.05) is 67.4 Å². The van der Waals surface area contributed by atoms with Crippen molar-refractivity contribution in [2.75, 3.05) is 0 Å². The highest BCUT2D eigenvalue weighted by molar-refractivity contribution is 9.08. The summed E-state index contributed by atoms with van der Waals surface area (Å²) < 4.78 is 0. The van der Waals surface area contributed by atoms with Crippen LogP contribution in [0, 0.1) is 23.7 Å². The van der Waals surface area contributed by atoms with Crippen LogP contribution in [0.5, 0.6) is 0 Å². The average Bonchev–Trinajstić information content (AvgIpc) is 2.52. The Bertz CT molecular complexity index is 483. The molecular formula is C19H28BrNO. The van der Waals surface area contributed by atoms with E-state index in [-0.39, 0.29) is 11.8 Å². The van der Waals surface area contributed by atoms with Crippen LogP contribution >= 0.6 is 15.9 Å². The lowest BCUT2D eigenvalue weighted by Gasteiger charge is -2.36. The van der Waals surface area contributed by atoms with Crippen LogP contribution in [0.1, 0.15) is 51.2 Å². The minimum atomic E-state index is 0.186. The Morgan fingerprint density at radius 1 is 1.23 bits per heavy atom. The highest BCUT2D eigenvalue weighted by Gasteiger charge is 2.35. The van der Waals surface area contributed by atoms with E-state index in [1.54, 1.807) is 0 Å². The second-order valence-electron chi connectivity index (χ2n) is 7.10. The van der Waals surface area contributed by atoms with Crippen LogP contribution in [0.2, 0.25) is 0 Å². The molecule has 3 heteroatoms. The molecule has 0 aliphatic heterocycles. The third-order valence-corrected chi connectivity index (χ3v) is 5.65. The van der Waals surface area contributed by atoms with Crippen molar-refractivity contribution in [1.82, 2.24) is 5.32 Å². The number of benzene rings is 1. The molecule has 1 aliphatic carbocycles. The number of hydrogen-bond donors (Lipinski definition) is 1. The fraction of sp³-hybridized carbons (Fsp3) is 0.632. The van der Waals surface area contributed by atoms with Crippen LogP contribution in [-0.2, 0) is 16.7 Å². The molecule has 1 amide bonds. The van der Waals surface area contributed by atoms with Crippen molar-refractivity contribution in [1.29, 1.82) is 0 Å². The maximum atomic E-state index is 12.6. The van der Waals surface area contributed by atoms with E-state index in [1.807, 2.05) is 0 Å². The molecule has 0 saturated heterocycles. The van der Waals surface area contributed by atoms with Crippen LogP contribution < -0.4 is 5.32 Å². The van der Waals surface area contributed by atoms with E-state index in [0.29, 0.717) is 24.3 Å². The highest BCUT2D eigenvalue weighted by atomic mass is 79.9. The van der Waals surface area contributed by atoms with Crippen molar-refractivity contribution in [2.24, 2.45) is 23.7 Å². The molecule has 1 aromatic carbocycles. The first kappa shape index (κ1) is 17.5. The molecule has 2 rings (SSSR count). The van der Waals surface area contributed by atoms with Crippen LogP contribution in [0.25, 0.3) is 0 Å². The molecule has 1 N–H and O–H groups in total. The van der Waals surface area contributed by atoms with E-state index < -0.39 is 0 Å². The zero-order valence-corrected chi connectivity index (χ0v) is 15.5. The van der Waals surface area contributed by atoms with Crippen LogP contribution in [0.15, 0.2) is 24.3 Å². The molecule has 1 saturated carbocycles. The summed E-state index contributed by atoms with van der Waals surface area (Å²) >= 11 is 3.45. The summed E-state index contributed by atoms with van der Waals surface area (Å²) in [5.41, 5.74) is 2.43. The normalized spacial score (nSPS) is 25.2. The Kier molecular flexibility index (Phi) is 6.49. The molecule has 0 heterocycles. The highest BCUT2D eigenvalue weighted by Crippen LogP contribution is 2.38. The van der Waals surface area contributed by atoms with Crippen molar-refractivity contribution < 1.29 is 4.79 Å². The van der Waals surface area contributed by atoms with Gasteiger partial charge in [-0.3, -0.25) is 4.79 Å². The molecule has 0 unspecified atom stereocenters. The van der Waals surface area contributed by atoms with Gasteiger partial charge in [0.05, 0.1) is 0 Å². The van der Waals surface area contributed by atoms with Gasteiger partial charge >= 0.3 is 0 Å². The molecule has 1 fully saturated rings. The molecule has 1 aromatic rings. The van der Waals surface area contributed by atoms with Gasteiger partial charge in [-0.15, -0.1) is 0 Å². The summed E-state index contributed by atoms with van der Waals surface area (Å²) in [6, 6.07) is 8.41. The van der Waals surface area contributed by atoms with Gasteiger partial charge in [-0.25, -0.2) is 0 Å². The van der Waals surface area contributed by atoms with Crippen LogP contribution in [0.4, 0.5) is 0 Å². The molecule has 0 aromatic heterocycles. The van der Waals surface area contributed by atoms with E-state index in [9.17, 15) is 4.79 Å². The van der Waals surface area contributed by atoms with Crippen molar-refractivity contribution >= 4 is 21.8 Å². The molecule has 0 bridgehead atoms. The van der Waals surface area contributed by atoms with Gasteiger partial charge < -0.3 is 5.32 Å². The number of carbonyl (C=O) groups is 1. The summed E-state index contributed by atoms with van der Waals surface area (Å²) in [6.45, 7) is 7.41. The van der Waals surface area contributed by atoms with E-state index in [0.717, 1.165) is 11.8 Å². The summed E-state index contributed by atoms with van der Waals surface area (Å²) in [5, 5.41) is 4.03. The van der Waals surface area contributed by atoms with Crippen molar-refractivity contribution in [3.05, 3.63) is 35.4 Å². The van der Waals surface area contributed by atoms with E-state index in [1.165, 1.54) is 24.0 Å². The number of hydrogen-bond acceptors (Lipinski definition) is 1. The quantitative estimate of drug-likeness (QED) is 0.738. The average molecular weight is 366 g/mol. The SMILES string of the molecule is CC(C)[C@@H]1CC[C@@H](C)C[C@H]1C(=O)NCc1ccc(CBr)cc1. The van der Waals surface area contributed by atoms with Gasteiger partial charge in [-0.2, -0.15) is 0 Å². The second-order valence-corrected chi connectivity index (χ2v) is 7.66. The smallest absolute Gasteiger partial charge is 0.223 e. The first-order valence-corrected chi connectivity index (χ1v) is 9.55. The lowest BCUT2D eigenvalue weighted by Crippen LogP contribution is -2.39. The minimum Gasteiger partial charge on any atom is -0.352 e. The molecule has 1 aliphatic rings. The Morgan fingerprint density at radius 3 is 2.45 bits per heavy atom. The van der Waals surface area contributed by atoms with Crippen molar-refractivity contribution in [2.45, 2.75) is 51.9 Å². The zero-order valence-electron chi connectivity index (χ0n) is 13.9. The number of halogens is 1. The molecule has 0 spiro atoms. The first-order valence-electron chi connectivity index (χ1n) is 8.42. The minimum absolute atomic E-state index is 0.186. The molecule has 2 nitrogen and oxygen atoms in total. The topological polar surface area (TPSA) is 29.1 Å². The van der Waals surface area contributed by atoms with Crippen LogP contribution in [-0.4, -0.2) is 5.91 Å². The Morgan fingerprint density at radius 2 is 1.86 bits per heavy atom. The lowest BCUT2D eigenvalue weighted by molar-refractivity contribution is -0.129. The van der Waals surface area contributed by atoms with Gasteiger partial charge in [-0.05, 0) is 41.7 Å². The summed E-state index contributed by atoms with van der Waals surface area (Å²) in [4.78, 5) is 12.6. The maximum Gasteiger partial charge on any atom is 0.223 e. The van der Waals surface area contributed by atoms with E-state index >= 15 is 0 Å². The largest absolute Gasteiger partial charge is 0.352 e. The number of rotatable bonds is 5.